The average molecular weight is 363 g/mol. The molecular weight excluding hydrogens is 347 g/mol. The van der Waals surface area contributed by atoms with Crippen LogP contribution in [0, 0.1) is 0 Å². The molecule has 24 heavy (non-hydrogen) atoms. The van der Waals surface area contributed by atoms with Crippen molar-refractivity contribution in [2.24, 2.45) is 0 Å². The van der Waals surface area contributed by atoms with Gasteiger partial charge in [0.1, 0.15) is 6.04 Å². The van der Waals surface area contributed by atoms with Crippen LogP contribution in [0.15, 0.2) is 42.5 Å². The van der Waals surface area contributed by atoms with Gasteiger partial charge in [0.05, 0.1) is 22.2 Å². The van der Waals surface area contributed by atoms with Crippen molar-refractivity contribution in [1.82, 2.24) is 0 Å². The number of hydrogen-bond acceptors (Lipinski definition) is 3. The Kier molecular flexibility index (Phi) is 4.78. The van der Waals surface area contributed by atoms with E-state index in [-0.39, 0.29) is 18.2 Å². The highest BCUT2D eigenvalue weighted by molar-refractivity contribution is 6.42. The van der Waals surface area contributed by atoms with Gasteiger partial charge in [-0.1, -0.05) is 42.3 Å². The fourth-order valence-corrected chi connectivity index (χ4v) is 2.98. The van der Waals surface area contributed by atoms with Crippen LogP contribution in [0.3, 0.4) is 0 Å². The zero-order valence-electron chi connectivity index (χ0n) is 13.1. The first-order valence-corrected chi connectivity index (χ1v) is 8.42. The van der Waals surface area contributed by atoms with Crippen LogP contribution in [-0.2, 0) is 16.0 Å². The van der Waals surface area contributed by atoms with Gasteiger partial charge in [0.15, 0.2) is 0 Å². The van der Waals surface area contributed by atoms with Crippen molar-refractivity contribution >= 4 is 46.4 Å². The molecule has 1 saturated heterocycles. The predicted octanol–water partition coefficient (Wildman–Crippen LogP) is 4.30. The molecule has 1 N–H and O–H groups in total. The maximum absolute atomic E-state index is 12.6. The van der Waals surface area contributed by atoms with E-state index in [0.717, 1.165) is 12.0 Å². The van der Waals surface area contributed by atoms with E-state index >= 15 is 0 Å². The van der Waals surface area contributed by atoms with Crippen molar-refractivity contribution in [2.45, 2.75) is 25.8 Å². The summed E-state index contributed by atoms with van der Waals surface area (Å²) in [4.78, 5) is 26.1. The Hall–Kier alpha value is -2.04. The van der Waals surface area contributed by atoms with Gasteiger partial charge >= 0.3 is 0 Å². The molecule has 6 heteroatoms. The second-order valence-electron chi connectivity index (χ2n) is 5.62. The molecule has 1 aliphatic rings. The second kappa shape index (κ2) is 6.83. The van der Waals surface area contributed by atoms with E-state index in [1.54, 1.807) is 30.3 Å². The molecule has 2 aromatic rings. The van der Waals surface area contributed by atoms with Gasteiger partial charge in [-0.2, -0.15) is 0 Å². The van der Waals surface area contributed by atoms with Crippen LogP contribution >= 0.6 is 23.2 Å². The molecule has 3 rings (SSSR count). The summed E-state index contributed by atoms with van der Waals surface area (Å²) in [5.74, 6) is -0.489. The largest absolute Gasteiger partial charge is 0.373 e. The van der Waals surface area contributed by atoms with Crippen LogP contribution in [-0.4, -0.2) is 17.9 Å². The lowest BCUT2D eigenvalue weighted by atomic mass is 10.1. The number of carbonyl (C=O) groups excluding carboxylic acids is 2. The number of anilines is 2. The third-order valence-electron chi connectivity index (χ3n) is 4.01. The molecule has 0 bridgehead atoms. The number of benzene rings is 2. The van der Waals surface area contributed by atoms with E-state index in [1.165, 1.54) is 4.90 Å². The van der Waals surface area contributed by atoms with Crippen molar-refractivity contribution in [1.29, 1.82) is 0 Å². The van der Waals surface area contributed by atoms with E-state index < -0.39 is 6.04 Å². The number of aryl methyl sites for hydroxylation is 1. The fraction of sp³-hybridized carbons (Fsp3) is 0.222. The summed E-state index contributed by atoms with van der Waals surface area (Å²) in [5, 5.41) is 3.89. The molecule has 0 aromatic heterocycles. The normalized spacial score (nSPS) is 17.5. The summed E-state index contributed by atoms with van der Waals surface area (Å²) in [7, 11) is 0. The molecule has 2 amide bonds. The molecule has 1 heterocycles. The van der Waals surface area contributed by atoms with Gasteiger partial charge in [0.25, 0.3) is 5.91 Å². The van der Waals surface area contributed by atoms with Gasteiger partial charge in [-0.3, -0.25) is 9.59 Å². The van der Waals surface area contributed by atoms with Crippen molar-refractivity contribution in [3.05, 3.63) is 58.1 Å². The van der Waals surface area contributed by atoms with Gasteiger partial charge in [0.2, 0.25) is 5.91 Å². The number of rotatable bonds is 4. The molecule has 0 spiro atoms. The second-order valence-corrected chi connectivity index (χ2v) is 6.43. The SMILES string of the molecule is CCc1ccc(N2C(=O)C[C@@H](Nc3ccc(Cl)c(Cl)c3)C2=O)cc1. The van der Waals surface area contributed by atoms with E-state index in [9.17, 15) is 9.59 Å². The van der Waals surface area contributed by atoms with Crippen molar-refractivity contribution < 1.29 is 9.59 Å². The molecule has 1 fully saturated rings. The number of amides is 2. The molecule has 0 saturated carbocycles. The first kappa shape index (κ1) is 16.8. The molecule has 0 radical (unpaired) electrons. The van der Waals surface area contributed by atoms with Gasteiger partial charge < -0.3 is 5.32 Å². The molecule has 0 unspecified atom stereocenters. The molecule has 2 aromatic carbocycles. The Balaban J connectivity index is 1.79. The number of carbonyl (C=O) groups is 2. The predicted molar refractivity (Wildman–Crippen MR) is 96.8 cm³/mol. The number of imide groups is 1. The van der Waals surface area contributed by atoms with Crippen LogP contribution in [0.5, 0.6) is 0 Å². The third-order valence-corrected chi connectivity index (χ3v) is 4.75. The maximum atomic E-state index is 12.6. The highest BCUT2D eigenvalue weighted by Gasteiger charge is 2.39. The monoisotopic (exact) mass is 362 g/mol. The van der Waals surface area contributed by atoms with Gasteiger partial charge in [-0.25, -0.2) is 4.90 Å². The van der Waals surface area contributed by atoms with Gasteiger partial charge in [-0.15, -0.1) is 0 Å². The van der Waals surface area contributed by atoms with E-state index in [2.05, 4.69) is 12.2 Å². The molecule has 0 aliphatic carbocycles. The van der Waals surface area contributed by atoms with Crippen LogP contribution in [0.4, 0.5) is 11.4 Å². The summed E-state index contributed by atoms with van der Waals surface area (Å²) in [5.41, 5.74) is 2.41. The van der Waals surface area contributed by atoms with E-state index in [1.807, 2.05) is 12.1 Å². The van der Waals surface area contributed by atoms with Crippen molar-refractivity contribution in [3.8, 4) is 0 Å². The molecule has 1 aliphatic heterocycles. The van der Waals surface area contributed by atoms with Gasteiger partial charge in [0, 0.05) is 5.69 Å². The minimum absolute atomic E-state index is 0.106. The fourth-order valence-electron chi connectivity index (χ4n) is 2.68. The molecule has 4 nitrogen and oxygen atoms in total. The summed E-state index contributed by atoms with van der Waals surface area (Å²) in [6.45, 7) is 2.05. The topological polar surface area (TPSA) is 49.4 Å². The van der Waals surface area contributed by atoms with Crippen LogP contribution in [0.1, 0.15) is 18.9 Å². The lowest BCUT2D eigenvalue weighted by Gasteiger charge is -2.16. The highest BCUT2D eigenvalue weighted by atomic mass is 35.5. The number of nitrogens with zero attached hydrogens (tertiary/aromatic N) is 1. The Morgan fingerprint density at radius 3 is 2.42 bits per heavy atom. The number of hydrogen-bond donors (Lipinski definition) is 1. The van der Waals surface area contributed by atoms with Gasteiger partial charge in [-0.05, 0) is 42.3 Å². The Morgan fingerprint density at radius 1 is 1.08 bits per heavy atom. The summed E-state index contributed by atoms with van der Waals surface area (Å²) in [6, 6.07) is 11.9. The lowest BCUT2D eigenvalue weighted by Crippen LogP contribution is -2.34. The van der Waals surface area contributed by atoms with Crippen molar-refractivity contribution in [3.63, 3.8) is 0 Å². The third kappa shape index (κ3) is 3.25. The zero-order chi connectivity index (χ0) is 17.3. The first-order valence-electron chi connectivity index (χ1n) is 7.67. The minimum atomic E-state index is -0.611. The summed E-state index contributed by atoms with van der Waals surface area (Å²) >= 11 is 11.9. The number of halogens is 2. The van der Waals surface area contributed by atoms with Crippen LogP contribution in [0.25, 0.3) is 0 Å². The summed E-state index contributed by atoms with van der Waals surface area (Å²) < 4.78 is 0. The Bertz CT molecular complexity index is 790. The van der Waals surface area contributed by atoms with Crippen LogP contribution < -0.4 is 10.2 Å². The molecule has 1 atom stereocenters. The maximum Gasteiger partial charge on any atom is 0.256 e. The highest BCUT2D eigenvalue weighted by Crippen LogP contribution is 2.28. The van der Waals surface area contributed by atoms with E-state index in [4.69, 9.17) is 23.2 Å². The standard InChI is InChI=1S/C18H16Cl2N2O2/c1-2-11-3-6-13(7-4-11)22-17(23)10-16(18(22)24)21-12-5-8-14(19)15(20)9-12/h3-9,16,21H,2,10H2,1H3/t16-/m1/s1. The van der Waals surface area contributed by atoms with E-state index in [0.29, 0.717) is 21.4 Å². The smallest absolute Gasteiger partial charge is 0.256 e. The quantitative estimate of drug-likeness (QED) is 0.824. The Labute approximate surface area is 150 Å². The molecular formula is C18H16Cl2N2O2. The first-order chi connectivity index (χ1) is 11.5. The Morgan fingerprint density at radius 2 is 1.79 bits per heavy atom. The minimum Gasteiger partial charge on any atom is -0.373 e. The zero-order valence-corrected chi connectivity index (χ0v) is 14.6. The number of nitrogens with one attached hydrogen (secondary N) is 1. The van der Waals surface area contributed by atoms with Crippen molar-refractivity contribution in [2.75, 3.05) is 10.2 Å². The molecule has 124 valence electrons. The van der Waals surface area contributed by atoms with Crippen LogP contribution in [0.2, 0.25) is 10.0 Å². The summed E-state index contributed by atoms with van der Waals surface area (Å²) in [6.07, 6.45) is 1.01. The lowest BCUT2D eigenvalue weighted by molar-refractivity contribution is -0.121. The average Bonchev–Trinajstić information content (AvgIpc) is 2.85.